The summed E-state index contributed by atoms with van der Waals surface area (Å²) in [6.45, 7) is 6.89. The minimum Gasteiger partial charge on any atom is -0.371 e. The molecule has 3 heterocycles. The average molecular weight is 312 g/mol. The van der Waals surface area contributed by atoms with E-state index < -0.39 is 0 Å². The summed E-state index contributed by atoms with van der Waals surface area (Å²) in [5, 5.41) is 1.24. The van der Waals surface area contributed by atoms with Gasteiger partial charge < -0.3 is 14.4 Å². The van der Waals surface area contributed by atoms with E-state index in [1.165, 1.54) is 11.1 Å². The Morgan fingerprint density at radius 2 is 2.04 bits per heavy atom. The van der Waals surface area contributed by atoms with Gasteiger partial charge in [-0.2, -0.15) is 0 Å². The molecule has 0 bridgehead atoms. The number of fused-ring (bicyclic) bond motifs is 1. The molecule has 1 aromatic carbocycles. The molecule has 1 atom stereocenters. The first-order chi connectivity index (χ1) is 11.2. The van der Waals surface area contributed by atoms with E-state index in [1.807, 2.05) is 0 Å². The van der Waals surface area contributed by atoms with Gasteiger partial charge in [0, 0.05) is 42.7 Å². The second kappa shape index (κ2) is 5.77. The third-order valence-corrected chi connectivity index (χ3v) is 4.97. The zero-order valence-corrected chi connectivity index (χ0v) is 13.9. The van der Waals surface area contributed by atoms with Crippen LogP contribution in [0.3, 0.4) is 0 Å². The van der Waals surface area contributed by atoms with E-state index in [2.05, 4.69) is 49.1 Å². The Morgan fingerprint density at radius 1 is 1.26 bits per heavy atom. The van der Waals surface area contributed by atoms with Gasteiger partial charge in [-0.15, -0.1) is 0 Å². The zero-order valence-electron chi connectivity index (χ0n) is 13.9. The van der Waals surface area contributed by atoms with Gasteiger partial charge in [0.1, 0.15) is 0 Å². The lowest BCUT2D eigenvalue weighted by Gasteiger charge is -2.39. The first kappa shape index (κ1) is 14.9. The number of anilines is 1. The predicted molar refractivity (Wildman–Crippen MR) is 91.8 cm³/mol. The fourth-order valence-electron chi connectivity index (χ4n) is 3.71. The van der Waals surface area contributed by atoms with E-state index >= 15 is 0 Å². The van der Waals surface area contributed by atoms with Gasteiger partial charge in [-0.3, -0.25) is 4.98 Å². The number of hydrogen-bond donors (Lipinski definition) is 0. The number of nitrogens with zero attached hydrogens (tertiary/aromatic N) is 2. The van der Waals surface area contributed by atoms with E-state index in [0.717, 1.165) is 50.2 Å². The van der Waals surface area contributed by atoms with Crippen molar-refractivity contribution in [3.05, 3.63) is 36.0 Å². The molecule has 0 saturated carbocycles. The minimum atomic E-state index is -0.341. The molecule has 4 nitrogen and oxygen atoms in total. The molecule has 2 aliphatic heterocycles. The van der Waals surface area contributed by atoms with Crippen LogP contribution in [-0.4, -0.2) is 36.6 Å². The summed E-state index contributed by atoms with van der Waals surface area (Å²) >= 11 is 0. The van der Waals surface area contributed by atoms with Crippen LogP contribution < -0.4 is 4.90 Å². The van der Waals surface area contributed by atoms with Gasteiger partial charge in [-0.25, -0.2) is 0 Å². The molecule has 2 fully saturated rings. The van der Waals surface area contributed by atoms with E-state index in [1.54, 1.807) is 0 Å². The van der Waals surface area contributed by atoms with Gasteiger partial charge in [0.25, 0.3) is 0 Å². The van der Waals surface area contributed by atoms with Crippen molar-refractivity contribution in [3.8, 4) is 0 Å². The van der Waals surface area contributed by atoms with Crippen molar-refractivity contribution in [1.82, 2.24) is 4.98 Å². The van der Waals surface area contributed by atoms with Crippen LogP contribution in [0.4, 0.5) is 5.69 Å². The smallest absolute Gasteiger partial charge is 0.172 e. The van der Waals surface area contributed by atoms with Gasteiger partial charge in [0.15, 0.2) is 5.79 Å². The molecule has 1 unspecified atom stereocenters. The maximum Gasteiger partial charge on any atom is 0.172 e. The number of aryl methyl sites for hydroxylation is 1. The zero-order chi connectivity index (χ0) is 15.9. The Bertz CT molecular complexity index is 708. The lowest BCUT2D eigenvalue weighted by molar-refractivity contribution is -0.178. The molecule has 23 heavy (non-hydrogen) atoms. The van der Waals surface area contributed by atoms with Crippen LogP contribution in [0, 0.1) is 0 Å². The van der Waals surface area contributed by atoms with Gasteiger partial charge in [0.2, 0.25) is 0 Å². The lowest BCUT2D eigenvalue weighted by Crippen LogP contribution is -2.45. The second-order valence-electron chi connectivity index (χ2n) is 6.64. The van der Waals surface area contributed by atoms with Crippen LogP contribution in [0.2, 0.25) is 0 Å². The van der Waals surface area contributed by atoms with Crippen LogP contribution in [0.15, 0.2) is 30.3 Å². The van der Waals surface area contributed by atoms with Crippen LogP contribution in [0.5, 0.6) is 0 Å². The van der Waals surface area contributed by atoms with E-state index in [4.69, 9.17) is 14.5 Å². The highest BCUT2D eigenvalue weighted by Crippen LogP contribution is 2.37. The number of benzene rings is 1. The Kier molecular flexibility index (Phi) is 3.74. The van der Waals surface area contributed by atoms with Crippen molar-refractivity contribution in [2.24, 2.45) is 0 Å². The van der Waals surface area contributed by atoms with E-state index in [-0.39, 0.29) is 11.9 Å². The summed E-state index contributed by atoms with van der Waals surface area (Å²) < 4.78 is 12.0. The van der Waals surface area contributed by atoms with Gasteiger partial charge in [-0.1, -0.05) is 25.1 Å². The normalized spacial score (nSPS) is 23.7. The minimum absolute atomic E-state index is 0.218. The number of para-hydroxylation sites is 1. The van der Waals surface area contributed by atoms with Crippen molar-refractivity contribution in [2.45, 2.75) is 45.0 Å². The molecule has 4 rings (SSSR count). The SMILES string of the molecule is CCc1cc(N2CCC3(CC2)OCC(C)O3)c2ccccc2n1. The lowest BCUT2D eigenvalue weighted by atomic mass is 10.0. The standard InChI is InChI=1S/C19H24N2O2/c1-3-15-12-18(16-6-4-5-7-17(16)20-15)21-10-8-19(9-11-21)22-13-14(2)23-19/h4-7,12,14H,3,8-11,13H2,1-2H3. The van der Waals surface area contributed by atoms with Crippen LogP contribution in [0.1, 0.15) is 32.4 Å². The highest BCUT2D eigenvalue weighted by Gasteiger charge is 2.42. The van der Waals surface area contributed by atoms with Crippen molar-refractivity contribution in [3.63, 3.8) is 0 Å². The van der Waals surface area contributed by atoms with Gasteiger partial charge in [0.05, 0.1) is 18.2 Å². The van der Waals surface area contributed by atoms with Crippen LogP contribution in [0.25, 0.3) is 10.9 Å². The summed E-state index contributed by atoms with van der Waals surface area (Å²) in [5.41, 5.74) is 3.54. The topological polar surface area (TPSA) is 34.6 Å². The number of piperidine rings is 1. The first-order valence-electron chi connectivity index (χ1n) is 8.64. The van der Waals surface area contributed by atoms with E-state index in [9.17, 15) is 0 Å². The average Bonchev–Trinajstić information content (AvgIpc) is 2.95. The molecule has 1 spiro atoms. The van der Waals surface area contributed by atoms with Gasteiger partial charge in [-0.05, 0) is 25.5 Å². The third kappa shape index (κ3) is 2.70. The predicted octanol–water partition coefficient (Wildman–Crippen LogP) is 3.53. The molecule has 0 radical (unpaired) electrons. The fraction of sp³-hybridized carbons (Fsp3) is 0.526. The molecule has 2 aliphatic rings. The molecule has 2 aromatic rings. The molecular formula is C19H24N2O2. The van der Waals surface area contributed by atoms with Crippen molar-refractivity contribution in [2.75, 3.05) is 24.6 Å². The largest absolute Gasteiger partial charge is 0.371 e. The summed E-state index contributed by atoms with van der Waals surface area (Å²) in [6, 6.07) is 10.7. The van der Waals surface area contributed by atoms with Crippen LogP contribution in [-0.2, 0) is 15.9 Å². The maximum absolute atomic E-state index is 6.05. The Hall–Kier alpha value is -1.65. The summed E-state index contributed by atoms with van der Waals surface area (Å²) in [7, 11) is 0. The summed E-state index contributed by atoms with van der Waals surface area (Å²) in [5.74, 6) is -0.341. The highest BCUT2D eigenvalue weighted by atomic mass is 16.7. The molecular weight excluding hydrogens is 288 g/mol. The molecule has 4 heteroatoms. The molecule has 0 amide bonds. The molecule has 122 valence electrons. The number of pyridine rings is 1. The molecule has 2 saturated heterocycles. The molecule has 0 N–H and O–H groups in total. The van der Waals surface area contributed by atoms with E-state index in [0.29, 0.717) is 0 Å². The number of hydrogen-bond acceptors (Lipinski definition) is 4. The quantitative estimate of drug-likeness (QED) is 0.849. The van der Waals surface area contributed by atoms with Crippen molar-refractivity contribution in [1.29, 1.82) is 0 Å². The van der Waals surface area contributed by atoms with Crippen molar-refractivity contribution < 1.29 is 9.47 Å². The number of rotatable bonds is 2. The molecule has 0 aliphatic carbocycles. The highest BCUT2D eigenvalue weighted by molar-refractivity contribution is 5.92. The number of ether oxygens (including phenoxy) is 2. The van der Waals surface area contributed by atoms with Gasteiger partial charge >= 0.3 is 0 Å². The van der Waals surface area contributed by atoms with Crippen LogP contribution >= 0.6 is 0 Å². The second-order valence-corrected chi connectivity index (χ2v) is 6.64. The first-order valence-corrected chi connectivity index (χ1v) is 8.64. The Balaban J connectivity index is 1.63. The summed E-state index contributed by atoms with van der Waals surface area (Å²) in [6.07, 6.45) is 3.03. The summed E-state index contributed by atoms with van der Waals surface area (Å²) in [4.78, 5) is 7.22. The Labute approximate surface area is 137 Å². The Morgan fingerprint density at radius 3 is 2.74 bits per heavy atom. The maximum atomic E-state index is 6.05. The van der Waals surface area contributed by atoms with Crippen molar-refractivity contribution >= 4 is 16.6 Å². The number of aromatic nitrogens is 1. The third-order valence-electron chi connectivity index (χ3n) is 4.97. The molecule has 1 aromatic heterocycles. The monoisotopic (exact) mass is 312 g/mol. The fourth-order valence-corrected chi connectivity index (χ4v) is 3.71.